The first-order valence-corrected chi connectivity index (χ1v) is 15.6. The van der Waals surface area contributed by atoms with Crippen molar-refractivity contribution in [2.24, 2.45) is 7.05 Å². The number of aromatic nitrogens is 5. The molecule has 0 radical (unpaired) electrons. The zero-order valence-electron chi connectivity index (χ0n) is 24.7. The average molecular weight is 696 g/mol. The molecular weight excluding hydrogens is 669 g/mol. The normalized spacial score (nSPS) is 14.1. The van der Waals surface area contributed by atoms with Gasteiger partial charge in [0, 0.05) is 68.2 Å². The lowest BCUT2D eigenvalue weighted by atomic mass is 10.0. The third-order valence-electron chi connectivity index (χ3n) is 7.45. The molecule has 0 spiro atoms. The van der Waals surface area contributed by atoms with E-state index < -0.39 is 24.3 Å². The maximum absolute atomic E-state index is 13.3. The van der Waals surface area contributed by atoms with E-state index in [1.807, 2.05) is 0 Å². The van der Waals surface area contributed by atoms with Crippen molar-refractivity contribution >= 4 is 52.3 Å². The van der Waals surface area contributed by atoms with Crippen molar-refractivity contribution in [1.29, 1.82) is 0 Å². The first-order valence-electron chi connectivity index (χ1n) is 14.0. The van der Waals surface area contributed by atoms with Crippen LogP contribution in [0.25, 0.3) is 33.3 Å². The molecule has 3 N–H and O–H groups in total. The first-order chi connectivity index (χ1) is 22.4. The van der Waals surface area contributed by atoms with Crippen LogP contribution in [0.5, 0.6) is 5.75 Å². The zero-order valence-corrected chi connectivity index (χ0v) is 26.4. The molecule has 4 heterocycles. The highest BCUT2D eigenvalue weighted by molar-refractivity contribution is 8.00. The van der Waals surface area contributed by atoms with Crippen molar-refractivity contribution in [1.82, 2.24) is 29.4 Å². The number of pyridine rings is 1. The number of aryl methyl sites for hydroxylation is 1. The quantitative estimate of drug-likeness (QED) is 0.0854. The number of alkyl halides is 5. The van der Waals surface area contributed by atoms with Gasteiger partial charge >= 0.3 is 11.9 Å². The van der Waals surface area contributed by atoms with E-state index >= 15 is 0 Å². The lowest BCUT2D eigenvalue weighted by Crippen LogP contribution is -2.51. The van der Waals surface area contributed by atoms with Gasteiger partial charge in [0.15, 0.2) is 12.2 Å². The lowest BCUT2D eigenvalue weighted by molar-refractivity contribution is -0.157. The molecule has 0 bridgehead atoms. The summed E-state index contributed by atoms with van der Waals surface area (Å²) in [5, 5.41) is 9.69. The number of nitrogens with zero attached hydrogens (tertiary/aromatic N) is 7. The van der Waals surface area contributed by atoms with Gasteiger partial charge in [-0.2, -0.15) is 32.1 Å². The average Bonchev–Trinajstić information content (AvgIpc) is 3.62. The summed E-state index contributed by atoms with van der Waals surface area (Å²) in [6.07, 6.45) is 0.728. The number of benzene rings is 2. The van der Waals surface area contributed by atoms with E-state index in [0.717, 1.165) is 12.2 Å². The Kier molecular flexibility index (Phi) is 9.08. The number of nitrogens with two attached hydrogens (primary N) is 1. The summed E-state index contributed by atoms with van der Waals surface area (Å²) in [5.41, 5.74) is 10.3. The van der Waals surface area contributed by atoms with Crippen molar-refractivity contribution in [3.8, 4) is 28.1 Å². The minimum atomic E-state index is -4.26. The molecule has 0 saturated carbocycles. The smallest absolute Gasteiger partial charge is 0.401 e. The lowest BCUT2D eigenvalue weighted by Gasteiger charge is -2.39. The number of nitrogen functional groups attached to an aromatic ring is 1. The first kappa shape index (κ1) is 32.6. The second kappa shape index (κ2) is 13.1. The molecule has 18 heteroatoms. The Morgan fingerprint density at radius 1 is 1.11 bits per heavy atom. The molecule has 6 rings (SSSR count). The van der Waals surface area contributed by atoms with E-state index in [0.29, 0.717) is 50.4 Å². The highest BCUT2D eigenvalue weighted by Crippen LogP contribution is 2.41. The molecule has 1 saturated heterocycles. The molecule has 10 nitrogen and oxygen atoms in total. The Morgan fingerprint density at radius 2 is 1.85 bits per heavy atom. The Bertz CT molecular complexity index is 1880. The number of nitrogens with one attached hydrogen (secondary N) is 1. The number of rotatable bonds is 11. The number of halogens is 6. The van der Waals surface area contributed by atoms with Gasteiger partial charge in [0.2, 0.25) is 0 Å². The van der Waals surface area contributed by atoms with Crippen molar-refractivity contribution in [3.05, 3.63) is 66.9 Å². The Morgan fingerprint density at radius 3 is 2.55 bits per heavy atom. The zero-order chi connectivity index (χ0) is 33.5. The van der Waals surface area contributed by atoms with E-state index in [2.05, 4.69) is 14.8 Å². The predicted molar refractivity (Wildman–Crippen MR) is 171 cm³/mol. The van der Waals surface area contributed by atoms with Gasteiger partial charge in [0.05, 0.1) is 41.1 Å². The molecule has 47 heavy (non-hydrogen) atoms. The van der Waals surface area contributed by atoms with Crippen LogP contribution in [0.2, 0.25) is 0 Å². The minimum absolute atomic E-state index is 0.193. The van der Waals surface area contributed by atoms with E-state index in [4.69, 9.17) is 15.0 Å². The van der Waals surface area contributed by atoms with Crippen molar-refractivity contribution in [2.75, 3.05) is 41.4 Å². The molecule has 1 aliphatic heterocycles. The predicted octanol–water partition coefficient (Wildman–Crippen LogP) is 7.00. The summed E-state index contributed by atoms with van der Waals surface area (Å²) in [7, 11) is 3.42. The number of hydrogen-bond acceptors (Lipinski definition) is 10. The van der Waals surface area contributed by atoms with Crippen LogP contribution in [0.3, 0.4) is 0 Å². The fourth-order valence-corrected chi connectivity index (χ4v) is 6.21. The third-order valence-corrected chi connectivity index (χ3v) is 8.65. The van der Waals surface area contributed by atoms with E-state index in [9.17, 15) is 26.3 Å². The summed E-state index contributed by atoms with van der Waals surface area (Å²) in [6.45, 7) is -0.495. The van der Waals surface area contributed by atoms with Crippen LogP contribution in [0.4, 0.5) is 43.5 Å². The van der Waals surface area contributed by atoms with Crippen LogP contribution in [0, 0.1) is 5.82 Å². The van der Waals surface area contributed by atoms with Gasteiger partial charge in [-0.15, -0.1) is 0 Å². The van der Waals surface area contributed by atoms with Gasteiger partial charge in [0.1, 0.15) is 23.1 Å². The van der Waals surface area contributed by atoms with Crippen molar-refractivity contribution in [3.63, 3.8) is 0 Å². The third kappa shape index (κ3) is 7.18. The van der Waals surface area contributed by atoms with Crippen LogP contribution >= 0.6 is 24.2 Å². The van der Waals surface area contributed by atoms with Gasteiger partial charge in [0.25, 0.3) is 0 Å². The molecule has 2 aromatic carbocycles. The van der Waals surface area contributed by atoms with Crippen molar-refractivity contribution in [2.45, 2.75) is 18.0 Å². The van der Waals surface area contributed by atoms with Gasteiger partial charge in [-0.3, -0.25) is 18.6 Å². The number of likely N-dealkylation sites (tertiary alicyclic amines) is 1. The number of hydrogen-bond donors (Lipinski definition) is 2. The summed E-state index contributed by atoms with van der Waals surface area (Å²) < 4.78 is 91.0. The highest BCUT2D eigenvalue weighted by atomic mass is 32.2. The maximum Gasteiger partial charge on any atom is 0.401 e. The SMILES string of the molecule is CN(SOc1ccc(F)cc1)c1cc(-c2nn(C)c3c(-c4cnn(C5CN(CC(F)(F)F)C5)c4)cnc(N)c23)ccc1NSC(F)F. The standard InChI is InChI=1S/C29H27F6N9OS2/c1-41-26-21(17-10-38-44(12-17)19-13-43(14-19)15-29(33,34)35)11-37-27(36)24(26)25(39-41)16-3-8-22(40-46-28(31)32)23(9-16)42(2)47-45-20-6-4-18(30)5-7-20/h3-12,19,28,40H,13-15H2,1-2H3,(H2,36,37). The summed E-state index contributed by atoms with van der Waals surface area (Å²) in [6, 6.07) is 10.3. The molecule has 0 unspecified atom stereocenters. The fourth-order valence-electron chi connectivity index (χ4n) is 5.28. The Labute approximate surface area is 273 Å². The fraction of sp³-hybridized carbons (Fsp3) is 0.276. The van der Waals surface area contributed by atoms with Crippen LogP contribution in [0.15, 0.2) is 61.1 Å². The van der Waals surface area contributed by atoms with Gasteiger partial charge in [-0.1, -0.05) is 6.07 Å². The molecule has 1 aliphatic rings. The summed E-state index contributed by atoms with van der Waals surface area (Å²) in [4.78, 5) is 5.72. The molecular formula is C29H27F6N9OS2. The molecule has 5 aromatic rings. The molecule has 1 fully saturated rings. The van der Waals surface area contributed by atoms with Crippen LogP contribution < -0.4 is 18.9 Å². The number of anilines is 3. The van der Waals surface area contributed by atoms with E-state index in [-0.39, 0.29) is 36.9 Å². The second-order valence-electron chi connectivity index (χ2n) is 10.7. The van der Waals surface area contributed by atoms with Crippen LogP contribution in [0.1, 0.15) is 6.04 Å². The molecule has 0 amide bonds. The highest BCUT2D eigenvalue weighted by Gasteiger charge is 2.38. The monoisotopic (exact) mass is 695 g/mol. The van der Waals surface area contributed by atoms with Gasteiger partial charge in [-0.05, 0) is 36.4 Å². The molecule has 3 aromatic heterocycles. The summed E-state index contributed by atoms with van der Waals surface area (Å²) >= 11 is 1.15. The van der Waals surface area contributed by atoms with E-state index in [1.54, 1.807) is 64.6 Å². The minimum Gasteiger partial charge on any atom is -0.405 e. The largest absolute Gasteiger partial charge is 0.405 e. The van der Waals surface area contributed by atoms with E-state index in [1.165, 1.54) is 29.2 Å². The molecule has 248 valence electrons. The Hall–Kier alpha value is -4.29. The summed E-state index contributed by atoms with van der Waals surface area (Å²) in [5.74, 6) is -2.49. The van der Waals surface area contributed by atoms with Crippen LogP contribution in [-0.4, -0.2) is 68.1 Å². The topological polar surface area (TPSA) is 102 Å². The van der Waals surface area contributed by atoms with Gasteiger partial charge < -0.3 is 14.6 Å². The van der Waals surface area contributed by atoms with Crippen molar-refractivity contribution < 1.29 is 30.5 Å². The second-order valence-corrected chi connectivity index (χ2v) is 12.4. The molecule has 0 aliphatic carbocycles. The molecule has 0 atom stereocenters. The Balaban J connectivity index is 1.31. The number of fused-ring (bicyclic) bond motifs is 1. The van der Waals surface area contributed by atoms with Crippen LogP contribution in [-0.2, 0) is 7.05 Å². The maximum atomic E-state index is 13.3. The van der Waals surface area contributed by atoms with Gasteiger partial charge in [-0.25, -0.2) is 9.37 Å².